The topological polar surface area (TPSA) is 59.4 Å². The third-order valence-electron chi connectivity index (χ3n) is 6.09. The molecule has 0 radical (unpaired) electrons. The summed E-state index contributed by atoms with van der Waals surface area (Å²) in [6, 6.07) is 16.9. The number of para-hydroxylation sites is 2. The van der Waals surface area contributed by atoms with Gasteiger partial charge in [-0.05, 0) is 37.4 Å². The molecule has 1 atom stereocenters. The van der Waals surface area contributed by atoms with Crippen LogP contribution in [0.2, 0.25) is 0 Å². The number of nitrogens with zero attached hydrogens (tertiary/aromatic N) is 3. The summed E-state index contributed by atoms with van der Waals surface area (Å²) in [5.74, 6) is 1.02. The Morgan fingerprint density at radius 1 is 1.22 bits per heavy atom. The minimum Gasteiger partial charge on any atom is -0.371 e. The Bertz CT molecular complexity index is 1280. The summed E-state index contributed by atoms with van der Waals surface area (Å²) >= 11 is 1.54. The Hall–Kier alpha value is -2.74. The second kappa shape index (κ2) is 8.65. The van der Waals surface area contributed by atoms with E-state index < -0.39 is 0 Å². The summed E-state index contributed by atoms with van der Waals surface area (Å²) in [7, 11) is 1.68. The zero-order valence-corrected chi connectivity index (χ0v) is 19.5. The second-order valence-corrected chi connectivity index (χ2v) is 9.55. The fourth-order valence-electron chi connectivity index (χ4n) is 4.67. The van der Waals surface area contributed by atoms with E-state index in [-0.39, 0.29) is 12.0 Å². The third kappa shape index (κ3) is 3.70. The van der Waals surface area contributed by atoms with E-state index in [0.717, 1.165) is 51.5 Å². The number of morpholine rings is 1. The van der Waals surface area contributed by atoms with E-state index in [2.05, 4.69) is 59.0 Å². The Kier molecular flexibility index (Phi) is 5.71. The molecule has 2 aromatic heterocycles. The average molecular weight is 449 g/mol. The highest BCUT2D eigenvalue weighted by Gasteiger charge is 2.30. The number of imidazole rings is 1. The van der Waals surface area contributed by atoms with Crippen LogP contribution in [0.3, 0.4) is 0 Å². The number of rotatable bonds is 5. The van der Waals surface area contributed by atoms with Crippen LogP contribution in [-0.4, -0.2) is 47.1 Å². The molecule has 0 saturated carbocycles. The van der Waals surface area contributed by atoms with Gasteiger partial charge in [0, 0.05) is 36.4 Å². The molecule has 6 nitrogen and oxygen atoms in total. The van der Waals surface area contributed by atoms with E-state index in [9.17, 15) is 4.79 Å². The lowest BCUT2D eigenvalue weighted by atomic mass is 10.0. The van der Waals surface area contributed by atoms with Gasteiger partial charge in [0.05, 0.1) is 35.2 Å². The SMILES string of the molecule is CNC(=O)c1sc2ccccc2c1C1CN(Cc2nc3ccccc3n2C(C)C)CCO1. The number of hydrogen-bond donors (Lipinski definition) is 1. The summed E-state index contributed by atoms with van der Waals surface area (Å²) in [5.41, 5.74) is 3.21. The number of carbonyl (C=O) groups is 1. The molecule has 0 aliphatic carbocycles. The van der Waals surface area contributed by atoms with Crippen molar-refractivity contribution in [3.8, 4) is 0 Å². The number of benzene rings is 2. The normalized spacial score (nSPS) is 17.4. The first kappa shape index (κ1) is 21.1. The summed E-state index contributed by atoms with van der Waals surface area (Å²) in [4.78, 5) is 20.7. The van der Waals surface area contributed by atoms with Gasteiger partial charge in [-0.3, -0.25) is 9.69 Å². The lowest BCUT2D eigenvalue weighted by Crippen LogP contribution is -2.39. The smallest absolute Gasteiger partial charge is 0.261 e. The van der Waals surface area contributed by atoms with Gasteiger partial charge >= 0.3 is 0 Å². The van der Waals surface area contributed by atoms with Gasteiger partial charge in [-0.25, -0.2) is 4.98 Å². The van der Waals surface area contributed by atoms with Gasteiger partial charge < -0.3 is 14.6 Å². The van der Waals surface area contributed by atoms with Crippen molar-refractivity contribution in [3.63, 3.8) is 0 Å². The van der Waals surface area contributed by atoms with Crippen LogP contribution in [0.1, 0.15) is 47.1 Å². The summed E-state index contributed by atoms with van der Waals surface area (Å²) in [5, 5.41) is 3.91. The predicted octanol–water partition coefficient (Wildman–Crippen LogP) is 4.77. The number of carbonyl (C=O) groups excluding carboxylic acids is 1. The van der Waals surface area contributed by atoms with E-state index in [1.165, 1.54) is 16.9 Å². The van der Waals surface area contributed by atoms with Gasteiger partial charge in [0.2, 0.25) is 0 Å². The molecular weight excluding hydrogens is 420 g/mol. The van der Waals surface area contributed by atoms with Crippen molar-refractivity contribution in [2.45, 2.75) is 32.5 Å². The maximum atomic E-state index is 12.7. The van der Waals surface area contributed by atoms with Crippen molar-refractivity contribution < 1.29 is 9.53 Å². The first-order valence-corrected chi connectivity index (χ1v) is 11.9. The van der Waals surface area contributed by atoms with E-state index >= 15 is 0 Å². The minimum absolute atomic E-state index is 0.0523. The van der Waals surface area contributed by atoms with Gasteiger partial charge in [0.1, 0.15) is 5.82 Å². The first-order valence-electron chi connectivity index (χ1n) is 11.1. The molecule has 32 heavy (non-hydrogen) atoms. The van der Waals surface area contributed by atoms with Crippen molar-refractivity contribution in [1.29, 1.82) is 0 Å². The van der Waals surface area contributed by atoms with E-state index in [1.54, 1.807) is 7.05 Å². The standard InChI is InChI=1S/C25H28N4O2S/c1-16(2)29-19-10-6-5-9-18(19)27-22(29)15-28-12-13-31-20(14-28)23-17-8-4-7-11-21(17)32-24(23)25(30)26-3/h4-11,16,20H,12-15H2,1-3H3,(H,26,30). The molecule has 4 aromatic rings. The molecule has 2 aromatic carbocycles. The molecule has 1 unspecified atom stereocenters. The molecule has 1 fully saturated rings. The maximum Gasteiger partial charge on any atom is 0.261 e. The van der Waals surface area contributed by atoms with Crippen LogP contribution in [0.5, 0.6) is 0 Å². The van der Waals surface area contributed by atoms with Gasteiger partial charge in [-0.1, -0.05) is 30.3 Å². The lowest BCUT2D eigenvalue weighted by molar-refractivity contribution is -0.0333. The molecule has 0 bridgehead atoms. The summed E-state index contributed by atoms with van der Waals surface area (Å²) < 4.78 is 9.67. The maximum absolute atomic E-state index is 12.7. The Labute approximate surface area is 191 Å². The highest BCUT2D eigenvalue weighted by Crippen LogP contribution is 2.38. The van der Waals surface area contributed by atoms with Crippen LogP contribution in [0.15, 0.2) is 48.5 Å². The number of nitrogens with one attached hydrogen (secondary N) is 1. The van der Waals surface area contributed by atoms with Gasteiger partial charge in [0.25, 0.3) is 5.91 Å². The van der Waals surface area contributed by atoms with Crippen LogP contribution < -0.4 is 5.32 Å². The molecule has 0 spiro atoms. The Balaban J connectivity index is 1.47. The molecule has 3 heterocycles. The monoisotopic (exact) mass is 448 g/mol. The fourth-order valence-corrected chi connectivity index (χ4v) is 5.87. The van der Waals surface area contributed by atoms with E-state index in [0.29, 0.717) is 12.6 Å². The Morgan fingerprint density at radius 2 is 2.00 bits per heavy atom. The van der Waals surface area contributed by atoms with E-state index in [1.807, 2.05) is 18.2 Å². The highest BCUT2D eigenvalue weighted by molar-refractivity contribution is 7.21. The molecule has 1 aliphatic rings. The molecular formula is C25H28N4O2S. The van der Waals surface area contributed by atoms with Crippen molar-refractivity contribution in [3.05, 3.63) is 64.8 Å². The number of thiophene rings is 1. The van der Waals surface area contributed by atoms with Gasteiger partial charge in [-0.2, -0.15) is 0 Å². The molecule has 5 rings (SSSR count). The number of ether oxygens (including phenoxy) is 1. The zero-order valence-electron chi connectivity index (χ0n) is 18.7. The number of aromatic nitrogens is 2. The van der Waals surface area contributed by atoms with Crippen molar-refractivity contribution in [2.24, 2.45) is 0 Å². The van der Waals surface area contributed by atoms with E-state index in [4.69, 9.17) is 9.72 Å². The molecule has 1 N–H and O–H groups in total. The fraction of sp³-hybridized carbons (Fsp3) is 0.360. The van der Waals surface area contributed by atoms with Crippen molar-refractivity contribution >= 4 is 38.4 Å². The third-order valence-corrected chi connectivity index (χ3v) is 7.28. The second-order valence-electron chi connectivity index (χ2n) is 8.50. The Morgan fingerprint density at radius 3 is 2.81 bits per heavy atom. The van der Waals surface area contributed by atoms with Crippen LogP contribution in [0, 0.1) is 0 Å². The van der Waals surface area contributed by atoms with Gasteiger partial charge in [0.15, 0.2) is 0 Å². The summed E-state index contributed by atoms with van der Waals surface area (Å²) in [6.07, 6.45) is -0.149. The average Bonchev–Trinajstić information content (AvgIpc) is 3.37. The molecule has 1 aliphatic heterocycles. The zero-order chi connectivity index (χ0) is 22.2. The predicted molar refractivity (Wildman–Crippen MR) is 129 cm³/mol. The lowest BCUT2D eigenvalue weighted by Gasteiger charge is -2.33. The van der Waals surface area contributed by atoms with Crippen LogP contribution in [0.4, 0.5) is 0 Å². The highest BCUT2D eigenvalue weighted by atomic mass is 32.1. The minimum atomic E-state index is -0.149. The van der Waals surface area contributed by atoms with Crippen LogP contribution in [0.25, 0.3) is 21.1 Å². The largest absolute Gasteiger partial charge is 0.371 e. The molecule has 1 amide bonds. The number of hydrogen-bond acceptors (Lipinski definition) is 5. The van der Waals surface area contributed by atoms with Crippen molar-refractivity contribution in [2.75, 3.05) is 26.7 Å². The molecule has 7 heteroatoms. The van der Waals surface area contributed by atoms with Crippen LogP contribution >= 0.6 is 11.3 Å². The number of amides is 1. The molecule has 166 valence electrons. The van der Waals surface area contributed by atoms with Crippen molar-refractivity contribution in [1.82, 2.24) is 19.8 Å². The quantitative estimate of drug-likeness (QED) is 0.478. The van der Waals surface area contributed by atoms with Gasteiger partial charge in [-0.15, -0.1) is 11.3 Å². The number of fused-ring (bicyclic) bond motifs is 2. The molecule has 1 saturated heterocycles. The summed E-state index contributed by atoms with van der Waals surface area (Å²) in [6.45, 7) is 7.36. The first-order chi connectivity index (χ1) is 15.6. The van der Waals surface area contributed by atoms with Crippen LogP contribution in [-0.2, 0) is 11.3 Å².